The Morgan fingerprint density at radius 2 is 1.30 bits per heavy atom. The molecule has 0 unspecified atom stereocenters. The Balaban J connectivity index is 1.87. The zero-order valence-electron chi connectivity index (χ0n) is 15.8. The predicted molar refractivity (Wildman–Crippen MR) is 105 cm³/mol. The fourth-order valence-corrected chi connectivity index (χ4v) is 2.49. The molecule has 7 nitrogen and oxygen atoms in total. The minimum absolute atomic E-state index is 0.110. The molecule has 0 aromatic heterocycles. The van der Waals surface area contributed by atoms with Gasteiger partial charge in [-0.2, -0.15) is 0 Å². The molecule has 27 heavy (non-hydrogen) atoms. The molecule has 0 aliphatic carbocycles. The minimum Gasteiger partial charge on any atom is -0.497 e. The molecule has 2 aromatic rings. The van der Waals surface area contributed by atoms with Gasteiger partial charge in [0.25, 0.3) is 0 Å². The number of nitrogens with one attached hydrogen (secondary N) is 2. The number of carbonyl (C=O) groups is 2. The van der Waals surface area contributed by atoms with Crippen LogP contribution in [0.4, 0.5) is 11.4 Å². The van der Waals surface area contributed by atoms with Crippen LogP contribution in [-0.2, 0) is 9.59 Å². The molecule has 0 fully saturated rings. The molecule has 0 aliphatic heterocycles. The molecule has 2 N–H and O–H groups in total. The molecule has 0 heterocycles. The van der Waals surface area contributed by atoms with Crippen LogP contribution in [0.2, 0.25) is 0 Å². The Bertz CT molecular complexity index is 716. The lowest BCUT2D eigenvalue weighted by atomic mass is 10.3. The normalized spacial score (nSPS) is 10.4. The summed E-state index contributed by atoms with van der Waals surface area (Å²) in [5.41, 5.74) is 1.30. The van der Waals surface area contributed by atoms with E-state index < -0.39 is 0 Å². The van der Waals surface area contributed by atoms with Gasteiger partial charge in [-0.25, -0.2) is 0 Å². The van der Waals surface area contributed by atoms with Crippen LogP contribution in [0.5, 0.6) is 11.5 Å². The number of amides is 2. The molecule has 0 saturated carbocycles. The summed E-state index contributed by atoms with van der Waals surface area (Å²) < 4.78 is 10.3. The van der Waals surface area contributed by atoms with Crippen LogP contribution in [0.3, 0.4) is 0 Å². The van der Waals surface area contributed by atoms with E-state index in [2.05, 4.69) is 10.6 Å². The number of ether oxygens (including phenoxy) is 2. The number of methoxy groups -OCH3 is 2. The van der Waals surface area contributed by atoms with Gasteiger partial charge in [-0.3, -0.25) is 14.5 Å². The van der Waals surface area contributed by atoms with Crippen LogP contribution in [0, 0.1) is 0 Å². The van der Waals surface area contributed by atoms with Gasteiger partial charge in [0.2, 0.25) is 11.8 Å². The van der Waals surface area contributed by atoms with Crippen molar-refractivity contribution in [1.82, 2.24) is 4.90 Å². The van der Waals surface area contributed by atoms with Crippen molar-refractivity contribution in [2.75, 3.05) is 44.5 Å². The van der Waals surface area contributed by atoms with E-state index >= 15 is 0 Å². The number of carbonyl (C=O) groups excluding carboxylic acids is 2. The fraction of sp³-hybridized carbons (Fsp3) is 0.300. The third kappa shape index (κ3) is 6.63. The second-order valence-electron chi connectivity index (χ2n) is 5.86. The topological polar surface area (TPSA) is 79.9 Å². The Kier molecular flexibility index (Phi) is 7.63. The summed E-state index contributed by atoms with van der Waals surface area (Å²) in [4.78, 5) is 26.3. The number of benzene rings is 2. The van der Waals surface area contributed by atoms with Crippen LogP contribution < -0.4 is 20.1 Å². The molecule has 0 aliphatic rings. The van der Waals surface area contributed by atoms with Gasteiger partial charge in [0.05, 0.1) is 27.3 Å². The molecular formula is C20H25N3O4. The average molecular weight is 371 g/mol. The number of anilines is 2. The van der Waals surface area contributed by atoms with Crippen molar-refractivity contribution >= 4 is 23.2 Å². The Morgan fingerprint density at radius 3 is 1.67 bits per heavy atom. The van der Waals surface area contributed by atoms with Crippen molar-refractivity contribution in [3.05, 3.63) is 48.5 Å². The first-order chi connectivity index (χ1) is 13.0. The molecule has 2 amide bonds. The summed E-state index contributed by atoms with van der Waals surface area (Å²) in [6.07, 6.45) is 0. The third-order valence-electron chi connectivity index (χ3n) is 3.89. The molecule has 2 rings (SSSR count). The van der Waals surface area contributed by atoms with Crippen molar-refractivity contribution in [2.45, 2.75) is 6.92 Å². The van der Waals surface area contributed by atoms with Gasteiger partial charge in [0.15, 0.2) is 0 Å². The first kappa shape index (κ1) is 20.3. The van der Waals surface area contributed by atoms with E-state index in [0.717, 1.165) is 0 Å². The molecule has 144 valence electrons. The number of rotatable bonds is 9. The van der Waals surface area contributed by atoms with E-state index in [-0.39, 0.29) is 24.9 Å². The molecule has 2 aromatic carbocycles. The SMILES string of the molecule is CCN(CC(=O)Nc1cccc(OC)c1)CC(=O)Nc1cccc(OC)c1. The number of hydrogen-bond donors (Lipinski definition) is 2. The molecular weight excluding hydrogens is 346 g/mol. The molecule has 0 atom stereocenters. The Labute approximate surface area is 159 Å². The standard InChI is InChI=1S/C20H25N3O4/c1-4-23(13-19(24)21-15-7-5-9-17(11-15)26-2)14-20(25)22-16-8-6-10-18(12-16)27-3/h5-12H,4,13-14H2,1-3H3,(H,21,24)(H,22,25). The van der Waals surface area contributed by atoms with E-state index in [9.17, 15) is 9.59 Å². The lowest BCUT2D eigenvalue weighted by molar-refractivity contribution is -0.119. The van der Waals surface area contributed by atoms with Crippen molar-refractivity contribution in [3.63, 3.8) is 0 Å². The van der Waals surface area contributed by atoms with E-state index in [1.54, 1.807) is 67.7 Å². The predicted octanol–water partition coefficient (Wildman–Crippen LogP) is 2.60. The fourth-order valence-electron chi connectivity index (χ4n) is 2.49. The number of hydrogen-bond acceptors (Lipinski definition) is 5. The maximum atomic E-state index is 12.3. The van der Waals surface area contributed by atoms with Gasteiger partial charge < -0.3 is 20.1 Å². The van der Waals surface area contributed by atoms with E-state index in [0.29, 0.717) is 29.4 Å². The van der Waals surface area contributed by atoms with Crippen molar-refractivity contribution in [2.24, 2.45) is 0 Å². The monoisotopic (exact) mass is 371 g/mol. The minimum atomic E-state index is -0.195. The van der Waals surface area contributed by atoms with Crippen LogP contribution in [0.25, 0.3) is 0 Å². The van der Waals surface area contributed by atoms with Crippen LogP contribution in [0.1, 0.15) is 6.92 Å². The smallest absolute Gasteiger partial charge is 0.238 e. The molecule has 0 saturated heterocycles. The maximum absolute atomic E-state index is 12.3. The molecule has 0 spiro atoms. The maximum Gasteiger partial charge on any atom is 0.238 e. The Morgan fingerprint density at radius 1 is 0.852 bits per heavy atom. The molecule has 0 bridgehead atoms. The van der Waals surface area contributed by atoms with Crippen LogP contribution >= 0.6 is 0 Å². The van der Waals surface area contributed by atoms with Crippen LogP contribution in [-0.4, -0.2) is 50.6 Å². The molecule has 0 radical (unpaired) electrons. The zero-order valence-corrected chi connectivity index (χ0v) is 15.8. The van der Waals surface area contributed by atoms with Crippen molar-refractivity contribution < 1.29 is 19.1 Å². The quantitative estimate of drug-likeness (QED) is 0.708. The van der Waals surface area contributed by atoms with E-state index in [4.69, 9.17) is 9.47 Å². The highest BCUT2D eigenvalue weighted by Gasteiger charge is 2.14. The first-order valence-electron chi connectivity index (χ1n) is 8.64. The van der Waals surface area contributed by atoms with Gasteiger partial charge in [0, 0.05) is 23.5 Å². The summed E-state index contributed by atoms with van der Waals surface area (Å²) in [5, 5.41) is 5.62. The average Bonchev–Trinajstić information content (AvgIpc) is 2.67. The van der Waals surface area contributed by atoms with Gasteiger partial charge >= 0.3 is 0 Å². The second-order valence-corrected chi connectivity index (χ2v) is 5.86. The highest BCUT2D eigenvalue weighted by molar-refractivity contribution is 5.94. The highest BCUT2D eigenvalue weighted by atomic mass is 16.5. The highest BCUT2D eigenvalue weighted by Crippen LogP contribution is 2.17. The van der Waals surface area contributed by atoms with Crippen molar-refractivity contribution in [3.8, 4) is 11.5 Å². The summed E-state index contributed by atoms with van der Waals surface area (Å²) in [6, 6.07) is 14.3. The van der Waals surface area contributed by atoms with Gasteiger partial charge in [-0.1, -0.05) is 19.1 Å². The summed E-state index contributed by atoms with van der Waals surface area (Å²) >= 11 is 0. The second kappa shape index (κ2) is 10.2. The van der Waals surface area contributed by atoms with Gasteiger partial charge in [-0.15, -0.1) is 0 Å². The van der Waals surface area contributed by atoms with Crippen molar-refractivity contribution in [1.29, 1.82) is 0 Å². The van der Waals surface area contributed by atoms with E-state index in [1.807, 2.05) is 6.92 Å². The number of nitrogens with zero attached hydrogens (tertiary/aromatic N) is 1. The summed E-state index contributed by atoms with van der Waals surface area (Å²) in [6.45, 7) is 2.69. The first-order valence-corrected chi connectivity index (χ1v) is 8.64. The largest absolute Gasteiger partial charge is 0.497 e. The summed E-state index contributed by atoms with van der Waals surface area (Å²) in [5.74, 6) is 0.939. The van der Waals surface area contributed by atoms with Gasteiger partial charge in [-0.05, 0) is 30.8 Å². The van der Waals surface area contributed by atoms with E-state index in [1.165, 1.54) is 0 Å². The number of likely N-dealkylation sites (N-methyl/N-ethyl adjacent to an activating group) is 1. The lowest BCUT2D eigenvalue weighted by Crippen LogP contribution is -2.38. The lowest BCUT2D eigenvalue weighted by Gasteiger charge is -2.19. The van der Waals surface area contributed by atoms with Crippen LogP contribution in [0.15, 0.2) is 48.5 Å². The Hall–Kier alpha value is -3.06. The molecule has 7 heteroatoms. The zero-order chi connectivity index (χ0) is 19.6. The third-order valence-corrected chi connectivity index (χ3v) is 3.89. The van der Waals surface area contributed by atoms with Gasteiger partial charge in [0.1, 0.15) is 11.5 Å². The summed E-state index contributed by atoms with van der Waals surface area (Å²) in [7, 11) is 3.14.